The SMILES string of the molecule is CCCCC(=O)O[C@H]1[C@H](OCCNC)OC(COP(OCCC#N)N(C(C)C)C(C)C)[C@H]1OC(=O)CCCC. The number of hydrogen-bond donors (Lipinski definition) is 1. The number of hydrogen-bond acceptors (Lipinski definition) is 11. The van der Waals surface area contributed by atoms with Crippen molar-refractivity contribution in [3.05, 3.63) is 0 Å². The number of carbonyl (C=O) groups excluding carboxylic acids is 2. The van der Waals surface area contributed by atoms with E-state index in [4.69, 9.17) is 33.3 Å². The molecule has 0 spiro atoms. The number of ether oxygens (including phenoxy) is 4. The van der Waals surface area contributed by atoms with Gasteiger partial charge in [0.15, 0.2) is 18.5 Å². The highest BCUT2D eigenvalue weighted by atomic mass is 31.2. The minimum Gasteiger partial charge on any atom is -0.455 e. The van der Waals surface area contributed by atoms with Crippen molar-refractivity contribution >= 4 is 20.5 Å². The summed E-state index contributed by atoms with van der Waals surface area (Å²) in [5.41, 5.74) is 0. The van der Waals surface area contributed by atoms with Crippen molar-refractivity contribution in [3.8, 4) is 6.07 Å². The molecule has 0 radical (unpaired) electrons. The molecular weight excluding hydrogens is 525 g/mol. The van der Waals surface area contributed by atoms with Gasteiger partial charge in [-0.25, -0.2) is 4.67 Å². The van der Waals surface area contributed by atoms with Crippen molar-refractivity contribution in [2.24, 2.45) is 0 Å². The maximum atomic E-state index is 12.7. The highest BCUT2D eigenvalue weighted by Crippen LogP contribution is 2.46. The van der Waals surface area contributed by atoms with Gasteiger partial charge in [-0.1, -0.05) is 26.7 Å². The maximum Gasteiger partial charge on any atom is 0.306 e. The van der Waals surface area contributed by atoms with Crippen LogP contribution in [0.1, 0.15) is 86.5 Å². The van der Waals surface area contributed by atoms with Crippen LogP contribution in [-0.2, 0) is 37.6 Å². The molecule has 0 aromatic heterocycles. The van der Waals surface area contributed by atoms with E-state index in [1.54, 1.807) is 7.05 Å². The van der Waals surface area contributed by atoms with Crippen molar-refractivity contribution in [1.82, 2.24) is 9.99 Å². The second-order valence-corrected chi connectivity index (χ2v) is 11.4. The summed E-state index contributed by atoms with van der Waals surface area (Å²) in [5, 5.41) is 12.0. The highest BCUT2D eigenvalue weighted by molar-refractivity contribution is 7.44. The van der Waals surface area contributed by atoms with Crippen LogP contribution in [0.4, 0.5) is 0 Å². The van der Waals surface area contributed by atoms with Gasteiger partial charge >= 0.3 is 11.9 Å². The molecule has 1 heterocycles. The van der Waals surface area contributed by atoms with Crippen LogP contribution < -0.4 is 5.32 Å². The molecule has 1 saturated heterocycles. The monoisotopic (exact) mass is 575 g/mol. The Hall–Kier alpha value is -1.38. The van der Waals surface area contributed by atoms with Crippen LogP contribution in [0.2, 0.25) is 0 Å². The molecule has 5 atom stereocenters. The average Bonchev–Trinajstić information content (AvgIpc) is 3.19. The summed E-state index contributed by atoms with van der Waals surface area (Å²) in [6, 6.07) is 2.33. The summed E-state index contributed by atoms with van der Waals surface area (Å²) < 4.78 is 38.1. The first-order valence-electron chi connectivity index (χ1n) is 14.2. The Labute approximate surface area is 236 Å². The van der Waals surface area contributed by atoms with Crippen LogP contribution in [0.25, 0.3) is 0 Å². The van der Waals surface area contributed by atoms with E-state index in [0.717, 1.165) is 12.8 Å². The molecule has 0 aliphatic carbocycles. The quantitative estimate of drug-likeness (QED) is 0.118. The molecule has 0 saturated carbocycles. The van der Waals surface area contributed by atoms with Crippen molar-refractivity contribution < 1.29 is 37.6 Å². The summed E-state index contributed by atoms with van der Waals surface area (Å²) in [4.78, 5) is 25.3. The number of nitriles is 1. The summed E-state index contributed by atoms with van der Waals surface area (Å²) in [6.07, 6.45) is 0.321. The van der Waals surface area contributed by atoms with Crippen molar-refractivity contribution in [2.75, 3.05) is 33.4 Å². The Balaban J connectivity index is 3.19. The molecule has 0 aromatic rings. The molecule has 0 bridgehead atoms. The lowest BCUT2D eigenvalue weighted by atomic mass is 10.1. The number of likely N-dealkylation sites (N-methyl/N-ethyl adjacent to an activating group) is 1. The van der Waals surface area contributed by atoms with Crippen molar-refractivity contribution in [2.45, 2.75) is 123 Å². The molecule has 11 nitrogen and oxygen atoms in total. The number of nitrogens with one attached hydrogen (secondary N) is 1. The van der Waals surface area contributed by atoms with E-state index >= 15 is 0 Å². The lowest BCUT2D eigenvalue weighted by Crippen LogP contribution is -2.42. The Kier molecular flexibility index (Phi) is 18.7. The largest absolute Gasteiger partial charge is 0.455 e. The molecule has 0 aromatic carbocycles. The van der Waals surface area contributed by atoms with E-state index in [1.165, 1.54) is 0 Å². The standard InChI is InChI=1S/C27H50N3O8P/c1-8-10-13-23(31)37-25-22(19-35-39(34-17-12-15-28)30(20(3)4)21(5)6)36-27(33-18-16-29-7)26(25)38-24(32)14-11-9-2/h20-22,25-27,29H,8-14,16-19H2,1-7H3/t22?,25-,26-,27-,39?/m1/s1. The van der Waals surface area contributed by atoms with Crippen molar-refractivity contribution in [3.63, 3.8) is 0 Å². The second kappa shape index (κ2) is 20.5. The normalized spacial score (nSPS) is 21.9. The first-order valence-corrected chi connectivity index (χ1v) is 15.3. The summed E-state index contributed by atoms with van der Waals surface area (Å²) in [5.74, 6) is -0.781. The Morgan fingerprint density at radius 2 is 1.56 bits per heavy atom. The second-order valence-electron chi connectivity index (χ2n) is 9.98. The number of esters is 2. The minimum atomic E-state index is -1.54. The maximum absolute atomic E-state index is 12.7. The lowest BCUT2D eigenvalue weighted by Gasteiger charge is -2.36. The third kappa shape index (κ3) is 13.2. The van der Waals surface area contributed by atoms with Crippen molar-refractivity contribution in [1.29, 1.82) is 5.26 Å². The Bertz CT molecular complexity index is 728. The predicted molar refractivity (Wildman–Crippen MR) is 149 cm³/mol. The van der Waals surface area contributed by atoms with E-state index in [-0.39, 0.29) is 50.5 Å². The molecule has 226 valence electrons. The van der Waals surface area contributed by atoms with Gasteiger partial charge in [-0.2, -0.15) is 5.26 Å². The Morgan fingerprint density at radius 1 is 0.974 bits per heavy atom. The predicted octanol–water partition coefficient (Wildman–Crippen LogP) is 4.44. The van der Waals surface area contributed by atoms with Gasteiger partial charge in [-0.15, -0.1) is 0 Å². The molecule has 1 N–H and O–H groups in total. The molecule has 2 unspecified atom stereocenters. The smallest absolute Gasteiger partial charge is 0.306 e. The number of nitrogens with zero attached hydrogens (tertiary/aromatic N) is 2. The van der Waals surface area contributed by atoms with Gasteiger partial charge in [-0.05, 0) is 47.6 Å². The van der Waals surface area contributed by atoms with Gasteiger partial charge in [0.2, 0.25) is 0 Å². The van der Waals surface area contributed by atoms with E-state index in [2.05, 4.69) is 16.1 Å². The molecule has 1 rings (SSSR count). The first-order chi connectivity index (χ1) is 18.7. The summed E-state index contributed by atoms with van der Waals surface area (Å²) in [7, 11) is 0.262. The van der Waals surface area contributed by atoms with E-state index in [1.807, 2.05) is 41.5 Å². The van der Waals surface area contributed by atoms with Crippen LogP contribution in [-0.4, -0.2) is 86.7 Å². The fourth-order valence-electron chi connectivity index (χ4n) is 4.02. The lowest BCUT2D eigenvalue weighted by molar-refractivity contribution is -0.190. The van der Waals surface area contributed by atoms with Gasteiger partial charge in [0.05, 0.1) is 32.3 Å². The number of unbranched alkanes of at least 4 members (excludes halogenated alkanes) is 2. The fraction of sp³-hybridized carbons (Fsp3) is 0.889. The number of rotatable bonds is 21. The molecule has 1 aliphatic heterocycles. The Morgan fingerprint density at radius 3 is 2.08 bits per heavy atom. The zero-order valence-corrected chi connectivity index (χ0v) is 25.7. The zero-order valence-electron chi connectivity index (χ0n) is 24.8. The van der Waals surface area contributed by atoms with Gasteiger partial charge in [0, 0.05) is 31.5 Å². The topological polar surface area (TPSA) is 129 Å². The third-order valence-corrected chi connectivity index (χ3v) is 7.99. The van der Waals surface area contributed by atoms with Gasteiger partial charge in [0.25, 0.3) is 8.53 Å². The molecular formula is C27H50N3O8P. The van der Waals surface area contributed by atoms with E-state index in [9.17, 15) is 9.59 Å². The molecule has 1 aliphatic rings. The highest BCUT2D eigenvalue weighted by Gasteiger charge is 2.51. The van der Waals surface area contributed by atoms with Crippen LogP contribution >= 0.6 is 8.53 Å². The zero-order chi connectivity index (χ0) is 29.2. The van der Waals surface area contributed by atoms with Crippen LogP contribution in [0, 0.1) is 11.3 Å². The van der Waals surface area contributed by atoms with Gasteiger partial charge in [-0.3, -0.25) is 9.59 Å². The van der Waals surface area contributed by atoms with Crippen LogP contribution in [0.5, 0.6) is 0 Å². The molecule has 1 fully saturated rings. The van der Waals surface area contributed by atoms with E-state index in [0.29, 0.717) is 26.0 Å². The van der Waals surface area contributed by atoms with Crippen LogP contribution in [0.15, 0.2) is 0 Å². The van der Waals surface area contributed by atoms with Gasteiger partial charge in [0.1, 0.15) is 6.10 Å². The summed E-state index contributed by atoms with van der Waals surface area (Å²) >= 11 is 0. The average molecular weight is 576 g/mol. The fourth-order valence-corrected chi connectivity index (χ4v) is 5.64. The third-order valence-electron chi connectivity index (χ3n) is 5.92. The minimum absolute atomic E-state index is 0.0226. The van der Waals surface area contributed by atoms with Gasteiger partial charge < -0.3 is 33.3 Å². The van der Waals surface area contributed by atoms with Crippen LogP contribution in [0.3, 0.4) is 0 Å². The summed E-state index contributed by atoms with van der Waals surface area (Å²) in [6.45, 7) is 13.3. The first kappa shape index (κ1) is 35.6. The molecule has 12 heteroatoms. The molecule has 39 heavy (non-hydrogen) atoms. The molecule has 0 amide bonds. The number of carbonyl (C=O) groups is 2. The van der Waals surface area contributed by atoms with E-state index < -0.39 is 39.1 Å².